The molecule has 6 heteroatoms. The molecular formula is C20H12FNO4. The predicted molar refractivity (Wildman–Crippen MR) is 93.9 cm³/mol. The first-order valence-electron chi connectivity index (χ1n) is 7.50. The first kappa shape index (κ1) is 17.0. The molecule has 0 aliphatic carbocycles. The summed E-state index contributed by atoms with van der Waals surface area (Å²) < 4.78 is 13.7. The fourth-order valence-electron chi connectivity index (χ4n) is 2.64. The number of phenolic OH excluding ortho intramolecular Hbond substituents is 2. The lowest BCUT2D eigenvalue weighted by Crippen LogP contribution is -1.97. The van der Waals surface area contributed by atoms with Crippen LogP contribution in [-0.4, -0.2) is 21.3 Å². The first-order valence-corrected chi connectivity index (χ1v) is 7.50. The summed E-state index contributed by atoms with van der Waals surface area (Å²) in [4.78, 5) is 11.2. The molecule has 0 atom stereocenters. The Kier molecular flexibility index (Phi) is 4.29. The molecule has 0 unspecified atom stereocenters. The van der Waals surface area contributed by atoms with Gasteiger partial charge in [0, 0.05) is 0 Å². The molecule has 0 amide bonds. The summed E-state index contributed by atoms with van der Waals surface area (Å²) in [5, 5.41) is 38.4. The number of carboxylic acids is 1. The summed E-state index contributed by atoms with van der Waals surface area (Å²) >= 11 is 0. The van der Waals surface area contributed by atoms with Crippen molar-refractivity contribution in [2.45, 2.75) is 0 Å². The highest BCUT2D eigenvalue weighted by atomic mass is 19.1. The first-order chi connectivity index (χ1) is 12.4. The number of hydrogen-bond donors (Lipinski definition) is 3. The lowest BCUT2D eigenvalue weighted by Gasteiger charge is -2.10. The van der Waals surface area contributed by atoms with Crippen LogP contribution in [0.4, 0.5) is 4.39 Å². The van der Waals surface area contributed by atoms with Crippen LogP contribution in [0.2, 0.25) is 0 Å². The summed E-state index contributed by atoms with van der Waals surface area (Å²) in [5.74, 6) is -2.64. The van der Waals surface area contributed by atoms with E-state index in [1.807, 2.05) is 0 Å². The number of fused-ring (bicyclic) bond motifs is 1. The molecule has 128 valence electrons. The Morgan fingerprint density at radius 1 is 1.04 bits per heavy atom. The number of hydrogen-bond acceptors (Lipinski definition) is 4. The quantitative estimate of drug-likeness (QED) is 0.489. The van der Waals surface area contributed by atoms with Gasteiger partial charge in [-0.1, -0.05) is 12.1 Å². The second-order valence-electron chi connectivity index (χ2n) is 5.61. The molecule has 0 saturated heterocycles. The van der Waals surface area contributed by atoms with Crippen molar-refractivity contribution >= 4 is 22.8 Å². The predicted octanol–water partition coefficient (Wildman–Crippen LogP) is 4.05. The lowest BCUT2D eigenvalue weighted by molar-refractivity contribution is -0.132. The van der Waals surface area contributed by atoms with Crippen molar-refractivity contribution in [3.05, 3.63) is 65.5 Å². The summed E-state index contributed by atoms with van der Waals surface area (Å²) in [5.41, 5.74) is 0.958. The van der Waals surface area contributed by atoms with Crippen LogP contribution >= 0.6 is 0 Å². The van der Waals surface area contributed by atoms with E-state index in [0.29, 0.717) is 27.5 Å². The van der Waals surface area contributed by atoms with Gasteiger partial charge in [-0.3, -0.25) is 0 Å². The largest absolute Gasteiger partial charge is 0.508 e. The fourth-order valence-corrected chi connectivity index (χ4v) is 2.64. The molecule has 5 nitrogen and oxygen atoms in total. The Balaban J connectivity index is 2.30. The zero-order valence-corrected chi connectivity index (χ0v) is 13.3. The third kappa shape index (κ3) is 3.19. The van der Waals surface area contributed by atoms with Gasteiger partial charge in [0.1, 0.15) is 17.4 Å². The van der Waals surface area contributed by atoms with Crippen molar-refractivity contribution in [1.82, 2.24) is 0 Å². The molecule has 0 aromatic heterocycles. The van der Waals surface area contributed by atoms with Gasteiger partial charge in [-0.15, -0.1) is 0 Å². The summed E-state index contributed by atoms with van der Waals surface area (Å²) in [6.07, 6.45) is 1.20. The van der Waals surface area contributed by atoms with Crippen molar-refractivity contribution in [2.24, 2.45) is 0 Å². The Bertz CT molecular complexity index is 1110. The fraction of sp³-hybridized carbons (Fsp3) is 0. The number of phenols is 2. The zero-order valence-electron chi connectivity index (χ0n) is 13.3. The molecule has 0 saturated carbocycles. The molecular weight excluding hydrogens is 337 g/mol. The number of nitrogens with zero attached hydrogens (tertiary/aromatic N) is 1. The number of carboxylic acid groups (broad SMARTS) is 1. The Morgan fingerprint density at radius 3 is 2.46 bits per heavy atom. The van der Waals surface area contributed by atoms with E-state index in [-0.39, 0.29) is 5.75 Å². The van der Waals surface area contributed by atoms with E-state index in [4.69, 9.17) is 10.4 Å². The maximum Gasteiger partial charge on any atom is 0.346 e. The van der Waals surface area contributed by atoms with Gasteiger partial charge in [0.25, 0.3) is 0 Å². The Labute approximate surface area is 147 Å². The van der Waals surface area contributed by atoms with E-state index in [9.17, 15) is 19.4 Å². The van der Waals surface area contributed by atoms with Crippen LogP contribution < -0.4 is 0 Å². The summed E-state index contributed by atoms with van der Waals surface area (Å²) in [7, 11) is 0. The molecule has 3 rings (SSSR count). The van der Waals surface area contributed by atoms with E-state index in [1.54, 1.807) is 24.3 Å². The van der Waals surface area contributed by atoms with Gasteiger partial charge in [-0.05, 0) is 69.9 Å². The molecule has 3 aromatic carbocycles. The minimum atomic E-state index is -1.37. The minimum Gasteiger partial charge on any atom is -0.508 e. The Hall–Kier alpha value is -3.85. The van der Waals surface area contributed by atoms with Crippen molar-refractivity contribution in [3.8, 4) is 28.7 Å². The van der Waals surface area contributed by atoms with Crippen LogP contribution in [0.1, 0.15) is 5.56 Å². The van der Waals surface area contributed by atoms with Crippen LogP contribution in [0.15, 0.2) is 54.1 Å². The molecule has 0 spiro atoms. The van der Waals surface area contributed by atoms with E-state index in [0.717, 1.165) is 6.07 Å². The average molecular weight is 349 g/mol. The average Bonchev–Trinajstić information content (AvgIpc) is 2.61. The second kappa shape index (κ2) is 6.57. The van der Waals surface area contributed by atoms with Gasteiger partial charge in [0.15, 0.2) is 11.6 Å². The van der Waals surface area contributed by atoms with E-state index in [2.05, 4.69) is 0 Å². The monoisotopic (exact) mass is 349 g/mol. The highest BCUT2D eigenvalue weighted by Gasteiger charge is 2.11. The molecule has 0 fully saturated rings. The van der Waals surface area contributed by atoms with Crippen molar-refractivity contribution < 1.29 is 24.5 Å². The van der Waals surface area contributed by atoms with Crippen LogP contribution in [0.3, 0.4) is 0 Å². The van der Waals surface area contributed by atoms with Gasteiger partial charge in [-0.25, -0.2) is 9.18 Å². The molecule has 3 aromatic rings. The van der Waals surface area contributed by atoms with Gasteiger partial charge in [0.05, 0.1) is 0 Å². The molecule has 3 N–H and O–H groups in total. The standard InChI is InChI=1S/C20H12FNO4/c21-18-8-11(2-4-19(18)24)13-5-12-1-3-16(23)9-17(12)14(6-13)7-15(10-22)20(25)26/h1-9,23-24H,(H,25,26). The van der Waals surface area contributed by atoms with Crippen molar-refractivity contribution in [1.29, 1.82) is 5.26 Å². The van der Waals surface area contributed by atoms with Gasteiger partial charge >= 0.3 is 5.97 Å². The number of aromatic hydroxyl groups is 2. The second-order valence-corrected chi connectivity index (χ2v) is 5.61. The van der Waals surface area contributed by atoms with Gasteiger partial charge in [-0.2, -0.15) is 5.26 Å². The highest BCUT2D eigenvalue weighted by molar-refractivity contribution is 6.02. The number of rotatable bonds is 3. The zero-order chi connectivity index (χ0) is 18.8. The van der Waals surface area contributed by atoms with Crippen LogP contribution in [0.25, 0.3) is 28.0 Å². The molecule has 0 heterocycles. The number of halogens is 1. The van der Waals surface area contributed by atoms with E-state index < -0.39 is 23.1 Å². The SMILES string of the molecule is N#CC(=Cc1cc(-c2ccc(O)c(F)c2)cc2ccc(O)cc12)C(=O)O. The molecule has 26 heavy (non-hydrogen) atoms. The normalized spacial score (nSPS) is 11.3. The minimum absolute atomic E-state index is 0.00981. The molecule has 0 bridgehead atoms. The van der Waals surface area contributed by atoms with Crippen LogP contribution in [0, 0.1) is 17.1 Å². The molecule has 0 radical (unpaired) electrons. The van der Waals surface area contributed by atoms with Gasteiger partial charge < -0.3 is 15.3 Å². The topological polar surface area (TPSA) is 102 Å². The Morgan fingerprint density at radius 2 is 1.81 bits per heavy atom. The maximum absolute atomic E-state index is 13.7. The third-order valence-electron chi connectivity index (χ3n) is 3.90. The van der Waals surface area contributed by atoms with Crippen LogP contribution in [-0.2, 0) is 4.79 Å². The van der Waals surface area contributed by atoms with Crippen molar-refractivity contribution in [2.75, 3.05) is 0 Å². The van der Waals surface area contributed by atoms with E-state index >= 15 is 0 Å². The number of nitriles is 1. The molecule has 0 aliphatic rings. The van der Waals surface area contributed by atoms with Crippen LogP contribution in [0.5, 0.6) is 11.5 Å². The summed E-state index contributed by atoms with van der Waals surface area (Å²) in [6, 6.07) is 13.4. The number of carbonyl (C=O) groups is 1. The highest BCUT2D eigenvalue weighted by Crippen LogP contribution is 2.32. The number of aliphatic carboxylic acids is 1. The third-order valence-corrected chi connectivity index (χ3v) is 3.90. The van der Waals surface area contributed by atoms with Crippen molar-refractivity contribution in [3.63, 3.8) is 0 Å². The van der Waals surface area contributed by atoms with E-state index in [1.165, 1.54) is 30.3 Å². The smallest absolute Gasteiger partial charge is 0.346 e. The lowest BCUT2D eigenvalue weighted by atomic mass is 9.95. The maximum atomic E-state index is 13.7. The number of benzene rings is 3. The molecule has 0 aliphatic heterocycles. The van der Waals surface area contributed by atoms with Gasteiger partial charge in [0.2, 0.25) is 0 Å². The summed E-state index contributed by atoms with van der Waals surface area (Å²) in [6.45, 7) is 0.